The van der Waals surface area contributed by atoms with Gasteiger partial charge in [-0.25, -0.2) is 0 Å². The molecular formula is C15H21NO2. The molecule has 0 fully saturated rings. The zero-order chi connectivity index (χ0) is 13.2. The van der Waals surface area contributed by atoms with Gasteiger partial charge in [-0.15, -0.1) is 0 Å². The minimum Gasteiger partial charge on any atom is -0.461 e. The molecule has 2 aromatic rings. The summed E-state index contributed by atoms with van der Waals surface area (Å²) >= 11 is 0. The Labute approximate surface area is 108 Å². The van der Waals surface area contributed by atoms with Crippen LogP contribution in [0.25, 0.3) is 11.0 Å². The molecule has 0 spiro atoms. The Balaban J connectivity index is 2.24. The number of hydrogen-bond acceptors (Lipinski definition) is 3. The van der Waals surface area contributed by atoms with Crippen LogP contribution in [0.4, 0.5) is 0 Å². The Bertz CT molecular complexity index is 526. The number of hydrogen-bond donors (Lipinski definition) is 2. The van der Waals surface area contributed by atoms with Crippen LogP contribution >= 0.6 is 0 Å². The molecule has 0 radical (unpaired) electrons. The lowest BCUT2D eigenvalue weighted by Gasteiger charge is -2.27. The number of rotatable bonds is 5. The fourth-order valence-corrected chi connectivity index (χ4v) is 2.04. The van der Waals surface area contributed by atoms with Gasteiger partial charge in [0, 0.05) is 23.0 Å². The minimum absolute atomic E-state index is 0.137. The van der Waals surface area contributed by atoms with E-state index in [2.05, 4.69) is 18.3 Å². The summed E-state index contributed by atoms with van der Waals surface area (Å²) in [6, 6.07) is 8.06. The van der Waals surface area contributed by atoms with E-state index in [0.29, 0.717) is 6.54 Å². The topological polar surface area (TPSA) is 45.4 Å². The summed E-state index contributed by atoms with van der Waals surface area (Å²) < 4.78 is 5.73. The van der Waals surface area contributed by atoms with E-state index in [1.807, 2.05) is 32.0 Å². The Kier molecular flexibility index (Phi) is 3.73. The number of nitrogens with one attached hydrogen (secondary N) is 1. The van der Waals surface area contributed by atoms with E-state index in [-0.39, 0.29) is 12.1 Å². The lowest BCUT2D eigenvalue weighted by Crippen LogP contribution is -2.44. The van der Waals surface area contributed by atoms with Gasteiger partial charge in [0.25, 0.3) is 0 Å². The van der Waals surface area contributed by atoms with Gasteiger partial charge >= 0.3 is 0 Å². The second kappa shape index (κ2) is 5.12. The van der Waals surface area contributed by atoms with E-state index in [4.69, 9.17) is 4.42 Å². The Morgan fingerprint density at radius 3 is 2.72 bits per heavy atom. The summed E-state index contributed by atoms with van der Waals surface area (Å²) in [5.41, 5.74) is 1.87. The molecule has 1 aromatic heterocycles. The smallest absolute Gasteiger partial charge is 0.134 e. The van der Waals surface area contributed by atoms with E-state index in [1.165, 1.54) is 5.56 Å². The van der Waals surface area contributed by atoms with Gasteiger partial charge in [0.1, 0.15) is 11.3 Å². The first-order chi connectivity index (χ1) is 8.59. The van der Waals surface area contributed by atoms with Crippen LogP contribution in [0.2, 0.25) is 0 Å². The Hall–Kier alpha value is -1.32. The van der Waals surface area contributed by atoms with Gasteiger partial charge in [0.05, 0.1) is 6.61 Å². The van der Waals surface area contributed by atoms with Crippen molar-refractivity contribution in [2.45, 2.75) is 39.3 Å². The minimum atomic E-state index is -0.231. The standard InChI is InChI=1S/C15H21NO2/c1-4-15(3,10-17)16-9-13-11(2)18-14-8-6-5-7-12(13)14/h5-8,16-17H,4,9-10H2,1-3H3. The number of furan rings is 1. The molecule has 0 bridgehead atoms. The van der Waals surface area contributed by atoms with Crippen molar-refractivity contribution in [2.75, 3.05) is 6.61 Å². The van der Waals surface area contributed by atoms with Crippen LogP contribution in [0, 0.1) is 6.92 Å². The fraction of sp³-hybridized carbons (Fsp3) is 0.467. The highest BCUT2D eigenvalue weighted by molar-refractivity contribution is 5.82. The molecule has 2 N–H and O–H groups in total. The van der Waals surface area contributed by atoms with Crippen molar-refractivity contribution in [3.63, 3.8) is 0 Å². The summed E-state index contributed by atoms with van der Waals surface area (Å²) in [7, 11) is 0. The van der Waals surface area contributed by atoms with Crippen molar-refractivity contribution in [2.24, 2.45) is 0 Å². The second-order valence-electron chi connectivity index (χ2n) is 5.06. The van der Waals surface area contributed by atoms with Crippen LogP contribution in [0.5, 0.6) is 0 Å². The third-order valence-electron chi connectivity index (χ3n) is 3.72. The SMILES string of the molecule is CCC(C)(CO)NCc1c(C)oc2ccccc12. The van der Waals surface area contributed by atoms with Crippen LogP contribution in [-0.2, 0) is 6.54 Å². The predicted octanol–water partition coefficient (Wildman–Crippen LogP) is 2.99. The number of para-hydroxylation sites is 1. The molecule has 98 valence electrons. The molecule has 0 saturated heterocycles. The molecule has 3 nitrogen and oxygen atoms in total. The molecule has 0 amide bonds. The maximum atomic E-state index is 9.41. The fourth-order valence-electron chi connectivity index (χ4n) is 2.04. The molecule has 3 heteroatoms. The summed E-state index contributed by atoms with van der Waals surface area (Å²) in [6.07, 6.45) is 0.887. The third-order valence-corrected chi connectivity index (χ3v) is 3.72. The normalized spacial score (nSPS) is 14.9. The van der Waals surface area contributed by atoms with Crippen molar-refractivity contribution in [3.8, 4) is 0 Å². The first-order valence-electron chi connectivity index (χ1n) is 6.42. The highest BCUT2D eigenvalue weighted by Gasteiger charge is 2.21. The van der Waals surface area contributed by atoms with Gasteiger partial charge < -0.3 is 14.8 Å². The largest absolute Gasteiger partial charge is 0.461 e. The van der Waals surface area contributed by atoms with Gasteiger partial charge in [-0.2, -0.15) is 0 Å². The summed E-state index contributed by atoms with van der Waals surface area (Å²) in [5.74, 6) is 0.945. The van der Waals surface area contributed by atoms with Crippen LogP contribution in [0.15, 0.2) is 28.7 Å². The Morgan fingerprint density at radius 1 is 1.33 bits per heavy atom. The van der Waals surface area contributed by atoms with Gasteiger partial charge in [0.15, 0.2) is 0 Å². The molecule has 0 aliphatic rings. The van der Waals surface area contributed by atoms with E-state index < -0.39 is 0 Å². The molecule has 18 heavy (non-hydrogen) atoms. The highest BCUT2D eigenvalue weighted by Crippen LogP contribution is 2.25. The highest BCUT2D eigenvalue weighted by atomic mass is 16.3. The first-order valence-corrected chi connectivity index (χ1v) is 6.42. The molecule has 1 heterocycles. The average molecular weight is 247 g/mol. The molecule has 1 atom stereocenters. The molecule has 1 aromatic carbocycles. The molecule has 1 unspecified atom stereocenters. The zero-order valence-corrected chi connectivity index (χ0v) is 11.3. The maximum Gasteiger partial charge on any atom is 0.134 e. The van der Waals surface area contributed by atoms with Gasteiger partial charge in [-0.05, 0) is 26.3 Å². The molecule has 0 aliphatic carbocycles. The van der Waals surface area contributed by atoms with E-state index in [9.17, 15) is 5.11 Å². The number of aryl methyl sites for hydroxylation is 1. The number of benzene rings is 1. The predicted molar refractivity (Wildman–Crippen MR) is 73.6 cm³/mol. The van der Waals surface area contributed by atoms with Crippen LogP contribution in [0.3, 0.4) is 0 Å². The van der Waals surface area contributed by atoms with Crippen LogP contribution < -0.4 is 5.32 Å². The summed E-state index contributed by atoms with van der Waals surface area (Å²) in [6.45, 7) is 6.94. The first kappa shape index (κ1) is 13.1. The third kappa shape index (κ3) is 2.42. The number of fused-ring (bicyclic) bond motifs is 1. The average Bonchev–Trinajstić information content (AvgIpc) is 2.72. The van der Waals surface area contributed by atoms with Crippen molar-refractivity contribution in [1.82, 2.24) is 5.32 Å². The molecular weight excluding hydrogens is 226 g/mol. The quantitative estimate of drug-likeness (QED) is 0.853. The second-order valence-corrected chi connectivity index (χ2v) is 5.06. The molecule has 0 saturated carbocycles. The van der Waals surface area contributed by atoms with Crippen molar-refractivity contribution >= 4 is 11.0 Å². The van der Waals surface area contributed by atoms with Crippen molar-refractivity contribution in [1.29, 1.82) is 0 Å². The maximum absolute atomic E-state index is 9.41. The lowest BCUT2D eigenvalue weighted by molar-refractivity contribution is 0.169. The van der Waals surface area contributed by atoms with Crippen LogP contribution in [-0.4, -0.2) is 17.3 Å². The molecule has 0 aliphatic heterocycles. The number of aliphatic hydroxyl groups excluding tert-OH is 1. The number of aliphatic hydroxyl groups is 1. The van der Waals surface area contributed by atoms with Crippen molar-refractivity contribution < 1.29 is 9.52 Å². The summed E-state index contributed by atoms with van der Waals surface area (Å²) in [4.78, 5) is 0. The zero-order valence-electron chi connectivity index (χ0n) is 11.3. The van der Waals surface area contributed by atoms with E-state index >= 15 is 0 Å². The monoisotopic (exact) mass is 247 g/mol. The van der Waals surface area contributed by atoms with Crippen molar-refractivity contribution in [3.05, 3.63) is 35.6 Å². The van der Waals surface area contributed by atoms with E-state index in [1.54, 1.807) is 0 Å². The van der Waals surface area contributed by atoms with Gasteiger partial charge in [-0.1, -0.05) is 25.1 Å². The molecule has 2 rings (SSSR count). The van der Waals surface area contributed by atoms with Gasteiger partial charge in [-0.3, -0.25) is 0 Å². The van der Waals surface area contributed by atoms with Gasteiger partial charge in [0.2, 0.25) is 0 Å². The summed E-state index contributed by atoms with van der Waals surface area (Å²) in [5, 5.41) is 14.0. The van der Waals surface area contributed by atoms with Crippen LogP contribution in [0.1, 0.15) is 31.6 Å². The lowest BCUT2D eigenvalue weighted by atomic mass is 9.99. The Morgan fingerprint density at radius 2 is 2.06 bits per heavy atom. The van der Waals surface area contributed by atoms with E-state index in [0.717, 1.165) is 23.2 Å².